The number of thiocarbonyl (C=S) groups is 1. The summed E-state index contributed by atoms with van der Waals surface area (Å²) < 4.78 is 5.61. The molecule has 1 aromatic carbocycles. The van der Waals surface area contributed by atoms with Gasteiger partial charge in [-0.05, 0) is 30.7 Å². The fraction of sp³-hybridized carbons (Fsp3) is 0.214. The first-order valence-electron chi connectivity index (χ1n) is 6.21. The first-order valence-corrected chi connectivity index (χ1v) is 7.43. The van der Waals surface area contributed by atoms with Crippen LogP contribution in [0.1, 0.15) is 12.5 Å². The van der Waals surface area contributed by atoms with Gasteiger partial charge in [0.15, 0.2) is 0 Å². The van der Waals surface area contributed by atoms with E-state index in [0.29, 0.717) is 11.5 Å². The van der Waals surface area contributed by atoms with Crippen LogP contribution in [0.3, 0.4) is 0 Å². The molecule has 0 saturated carbocycles. The van der Waals surface area contributed by atoms with Crippen LogP contribution in [0, 0.1) is 0 Å². The lowest BCUT2D eigenvalue weighted by Gasteiger charge is -2.10. The predicted octanol–water partition coefficient (Wildman–Crippen LogP) is 2.37. The average molecular weight is 323 g/mol. The van der Waals surface area contributed by atoms with Gasteiger partial charge in [0.05, 0.1) is 11.5 Å². The number of carbonyl (C=O) groups is 2. The van der Waals surface area contributed by atoms with Crippen molar-refractivity contribution in [2.24, 2.45) is 0 Å². The molecule has 110 valence electrons. The van der Waals surface area contributed by atoms with Crippen LogP contribution in [-0.4, -0.2) is 39.4 Å². The predicted molar refractivity (Wildman–Crippen MR) is 85.1 cm³/mol. The highest BCUT2D eigenvalue weighted by atomic mass is 32.2. The minimum absolute atomic E-state index is 0.264. The van der Waals surface area contributed by atoms with E-state index in [-0.39, 0.29) is 10.2 Å². The normalized spacial score (nSPS) is 16.6. The maximum Gasteiger partial charge on any atom is 0.323 e. The Labute approximate surface area is 131 Å². The highest BCUT2D eigenvalue weighted by Crippen LogP contribution is 2.32. The summed E-state index contributed by atoms with van der Waals surface area (Å²) in [6.07, 6.45) is 1.69. The summed E-state index contributed by atoms with van der Waals surface area (Å²) in [5.74, 6) is -0.706. The number of rotatable bonds is 5. The molecule has 21 heavy (non-hydrogen) atoms. The third-order valence-corrected chi connectivity index (χ3v) is 4.03. The minimum atomic E-state index is -1.09. The third-order valence-electron chi connectivity index (χ3n) is 2.66. The molecule has 1 saturated heterocycles. The summed E-state index contributed by atoms with van der Waals surface area (Å²) >= 11 is 6.14. The summed E-state index contributed by atoms with van der Waals surface area (Å²) in [5.41, 5.74) is 0.828. The van der Waals surface area contributed by atoms with Gasteiger partial charge >= 0.3 is 5.97 Å². The van der Waals surface area contributed by atoms with Gasteiger partial charge < -0.3 is 9.84 Å². The summed E-state index contributed by atoms with van der Waals surface area (Å²) in [6.45, 7) is 2.08. The topological polar surface area (TPSA) is 66.8 Å². The van der Waals surface area contributed by atoms with E-state index in [0.717, 1.165) is 28.0 Å². The highest BCUT2D eigenvalue weighted by Gasteiger charge is 2.33. The molecule has 1 fully saturated rings. The van der Waals surface area contributed by atoms with Crippen molar-refractivity contribution < 1.29 is 19.4 Å². The van der Waals surface area contributed by atoms with E-state index in [1.54, 1.807) is 6.08 Å². The molecule has 1 N–H and O–H groups in total. The van der Waals surface area contributed by atoms with Crippen LogP contribution in [0.5, 0.6) is 5.75 Å². The van der Waals surface area contributed by atoms with Gasteiger partial charge in [-0.1, -0.05) is 36.1 Å². The Bertz CT molecular complexity index is 610. The number of ether oxygens (including phenoxy) is 1. The molecule has 1 aromatic rings. The second kappa shape index (κ2) is 6.73. The van der Waals surface area contributed by atoms with Crippen molar-refractivity contribution in [3.05, 3.63) is 34.7 Å². The zero-order valence-electron chi connectivity index (χ0n) is 11.2. The van der Waals surface area contributed by atoms with E-state index in [1.165, 1.54) is 0 Å². The molecule has 0 aliphatic carbocycles. The number of thioether (sulfide) groups is 1. The van der Waals surface area contributed by atoms with Gasteiger partial charge in [0, 0.05) is 0 Å². The lowest BCUT2D eigenvalue weighted by Crippen LogP contribution is -2.33. The first-order chi connectivity index (χ1) is 10.0. The van der Waals surface area contributed by atoms with Crippen molar-refractivity contribution in [3.8, 4) is 5.75 Å². The molecule has 1 aliphatic heterocycles. The molecule has 0 unspecified atom stereocenters. The second-order valence-electron chi connectivity index (χ2n) is 4.16. The molecular weight excluding hydrogens is 310 g/mol. The zero-order chi connectivity index (χ0) is 15.4. The molecule has 1 amide bonds. The lowest BCUT2D eigenvalue weighted by atomic mass is 10.2. The Balaban J connectivity index is 2.16. The van der Waals surface area contributed by atoms with Crippen LogP contribution in [0.15, 0.2) is 29.2 Å². The Morgan fingerprint density at radius 2 is 2.10 bits per heavy atom. The van der Waals surface area contributed by atoms with Crippen molar-refractivity contribution >= 4 is 46.3 Å². The van der Waals surface area contributed by atoms with E-state index < -0.39 is 12.5 Å². The number of aliphatic carboxylic acids is 1. The third kappa shape index (κ3) is 3.83. The number of hydrogen-bond donors (Lipinski definition) is 1. The van der Waals surface area contributed by atoms with Crippen molar-refractivity contribution in [1.82, 2.24) is 4.90 Å². The summed E-state index contributed by atoms with van der Waals surface area (Å²) in [4.78, 5) is 24.3. The van der Waals surface area contributed by atoms with Crippen LogP contribution in [0.25, 0.3) is 6.08 Å². The molecule has 5 nitrogen and oxygen atoms in total. The molecule has 0 aromatic heterocycles. The Morgan fingerprint density at radius 3 is 2.67 bits per heavy atom. The van der Waals surface area contributed by atoms with Gasteiger partial charge in [0.25, 0.3) is 5.91 Å². The average Bonchev–Trinajstić information content (AvgIpc) is 2.69. The second-order valence-corrected chi connectivity index (χ2v) is 5.84. The highest BCUT2D eigenvalue weighted by molar-refractivity contribution is 8.26. The molecule has 1 heterocycles. The summed E-state index contributed by atoms with van der Waals surface area (Å²) in [6, 6.07) is 7.28. The number of hydrogen-bond acceptors (Lipinski definition) is 5. The zero-order valence-corrected chi connectivity index (χ0v) is 12.9. The van der Waals surface area contributed by atoms with E-state index in [4.69, 9.17) is 22.1 Å². The molecule has 2 rings (SSSR count). The maximum absolute atomic E-state index is 12.1. The van der Waals surface area contributed by atoms with Crippen molar-refractivity contribution in [3.63, 3.8) is 0 Å². The van der Waals surface area contributed by atoms with Gasteiger partial charge in [-0.2, -0.15) is 0 Å². The number of carboxylic acids is 1. The SMILES string of the molecule is CCOc1ccc(/C=C2\SC(=S)N(CC(=O)O)C2=O)cc1. The summed E-state index contributed by atoms with van der Waals surface area (Å²) in [5, 5.41) is 8.77. The number of carbonyl (C=O) groups excluding carboxylic acids is 1. The molecule has 0 atom stereocenters. The largest absolute Gasteiger partial charge is 0.494 e. The molecule has 7 heteroatoms. The van der Waals surface area contributed by atoms with Crippen LogP contribution in [0.4, 0.5) is 0 Å². The number of nitrogens with zero attached hydrogens (tertiary/aromatic N) is 1. The van der Waals surface area contributed by atoms with E-state index in [1.807, 2.05) is 31.2 Å². The van der Waals surface area contributed by atoms with Crippen molar-refractivity contribution in [1.29, 1.82) is 0 Å². The quantitative estimate of drug-likeness (QED) is 0.663. The number of benzene rings is 1. The fourth-order valence-corrected chi connectivity index (χ4v) is 3.00. The van der Waals surface area contributed by atoms with E-state index in [9.17, 15) is 9.59 Å². The molecule has 0 bridgehead atoms. The Kier molecular flexibility index (Phi) is 4.98. The van der Waals surface area contributed by atoms with Crippen LogP contribution < -0.4 is 4.74 Å². The van der Waals surface area contributed by atoms with Gasteiger partial charge in [0.1, 0.15) is 16.6 Å². The van der Waals surface area contributed by atoms with Crippen LogP contribution >= 0.6 is 24.0 Å². The number of carboxylic acid groups (broad SMARTS) is 1. The van der Waals surface area contributed by atoms with Crippen LogP contribution in [0.2, 0.25) is 0 Å². The van der Waals surface area contributed by atoms with E-state index >= 15 is 0 Å². The molecule has 0 radical (unpaired) electrons. The summed E-state index contributed by atoms with van der Waals surface area (Å²) in [7, 11) is 0. The molecule has 0 spiro atoms. The molecule has 1 aliphatic rings. The number of amides is 1. The van der Waals surface area contributed by atoms with E-state index in [2.05, 4.69) is 0 Å². The molecular formula is C14H13NO4S2. The van der Waals surface area contributed by atoms with Crippen molar-refractivity contribution in [2.75, 3.05) is 13.2 Å². The monoisotopic (exact) mass is 323 g/mol. The Hall–Kier alpha value is -1.86. The lowest BCUT2D eigenvalue weighted by molar-refractivity contribution is -0.140. The van der Waals surface area contributed by atoms with Gasteiger partial charge in [-0.25, -0.2) is 0 Å². The maximum atomic E-state index is 12.1. The van der Waals surface area contributed by atoms with Gasteiger partial charge in [0.2, 0.25) is 0 Å². The van der Waals surface area contributed by atoms with Crippen LogP contribution in [-0.2, 0) is 9.59 Å². The van der Waals surface area contributed by atoms with Crippen molar-refractivity contribution in [2.45, 2.75) is 6.92 Å². The van der Waals surface area contributed by atoms with Gasteiger partial charge in [-0.3, -0.25) is 14.5 Å². The van der Waals surface area contributed by atoms with Gasteiger partial charge in [-0.15, -0.1) is 0 Å². The first kappa shape index (κ1) is 15.5. The smallest absolute Gasteiger partial charge is 0.323 e. The fourth-order valence-electron chi connectivity index (χ4n) is 1.75. The minimum Gasteiger partial charge on any atom is -0.494 e. The Morgan fingerprint density at radius 1 is 1.43 bits per heavy atom. The standard InChI is InChI=1S/C14H13NO4S2/c1-2-19-10-5-3-9(4-6-10)7-11-13(18)15(8-12(16)17)14(20)21-11/h3-7H,2,8H2,1H3,(H,16,17)/b11-7-.